The van der Waals surface area contributed by atoms with Crippen LogP contribution in [0.1, 0.15) is 30.0 Å². The Morgan fingerprint density at radius 1 is 1.47 bits per heavy atom. The summed E-state index contributed by atoms with van der Waals surface area (Å²) in [5.41, 5.74) is 1.79. The zero-order valence-electron chi connectivity index (χ0n) is 9.29. The molecule has 15 heavy (non-hydrogen) atoms. The molecule has 1 aliphatic rings. The standard InChI is InChI=1S/C11H17N3O/c1-8-7-10(11(15)13-12-8)9-3-5-14(2)6-4-9/h7,9H,3-6H2,1-2H3,(H,13,15). The number of hydrogen-bond acceptors (Lipinski definition) is 3. The van der Waals surface area contributed by atoms with E-state index in [1.807, 2.05) is 13.0 Å². The fourth-order valence-electron chi connectivity index (χ4n) is 2.15. The van der Waals surface area contributed by atoms with Crippen molar-refractivity contribution in [2.45, 2.75) is 25.7 Å². The molecule has 1 saturated heterocycles. The fourth-order valence-corrected chi connectivity index (χ4v) is 2.15. The molecule has 1 aliphatic heterocycles. The van der Waals surface area contributed by atoms with Crippen molar-refractivity contribution in [3.8, 4) is 0 Å². The highest BCUT2D eigenvalue weighted by atomic mass is 16.1. The molecular weight excluding hydrogens is 190 g/mol. The highest BCUT2D eigenvalue weighted by Crippen LogP contribution is 2.24. The van der Waals surface area contributed by atoms with E-state index in [-0.39, 0.29) is 5.56 Å². The molecule has 0 spiro atoms. The first kappa shape index (κ1) is 10.4. The number of likely N-dealkylation sites (tertiary alicyclic amines) is 1. The molecule has 1 N–H and O–H groups in total. The Balaban J connectivity index is 2.22. The molecule has 1 aromatic heterocycles. The van der Waals surface area contributed by atoms with E-state index in [0.29, 0.717) is 5.92 Å². The summed E-state index contributed by atoms with van der Waals surface area (Å²) in [5.74, 6) is 0.409. The topological polar surface area (TPSA) is 49.0 Å². The Kier molecular flexibility index (Phi) is 2.86. The molecule has 0 aliphatic carbocycles. The molecule has 82 valence electrons. The van der Waals surface area contributed by atoms with Gasteiger partial charge in [0.1, 0.15) is 0 Å². The van der Waals surface area contributed by atoms with Gasteiger partial charge in [-0.2, -0.15) is 5.10 Å². The molecule has 0 atom stereocenters. The van der Waals surface area contributed by atoms with Gasteiger partial charge in [-0.3, -0.25) is 4.79 Å². The number of aryl methyl sites for hydroxylation is 1. The van der Waals surface area contributed by atoms with Crippen molar-refractivity contribution < 1.29 is 0 Å². The second-order valence-corrected chi connectivity index (χ2v) is 4.37. The van der Waals surface area contributed by atoms with Crippen LogP contribution in [0.25, 0.3) is 0 Å². The van der Waals surface area contributed by atoms with Crippen LogP contribution in [-0.2, 0) is 0 Å². The summed E-state index contributed by atoms with van der Waals surface area (Å²) >= 11 is 0. The van der Waals surface area contributed by atoms with Crippen molar-refractivity contribution >= 4 is 0 Å². The lowest BCUT2D eigenvalue weighted by Crippen LogP contribution is -2.31. The molecule has 2 heterocycles. The van der Waals surface area contributed by atoms with Gasteiger partial charge in [0.25, 0.3) is 5.56 Å². The molecule has 0 unspecified atom stereocenters. The smallest absolute Gasteiger partial charge is 0.267 e. The average molecular weight is 207 g/mol. The van der Waals surface area contributed by atoms with Crippen LogP contribution < -0.4 is 5.56 Å². The van der Waals surface area contributed by atoms with E-state index in [2.05, 4.69) is 22.1 Å². The summed E-state index contributed by atoms with van der Waals surface area (Å²) < 4.78 is 0. The van der Waals surface area contributed by atoms with Crippen LogP contribution in [0.3, 0.4) is 0 Å². The lowest BCUT2D eigenvalue weighted by atomic mass is 9.90. The Labute approximate surface area is 89.3 Å². The van der Waals surface area contributed by atoms with E-state index < -0.39 is 0 Å². The third-order valence-corrected chi connectivity index (χ3v) is 3.12. The fraction of sp³-hybridized carbons (Fsp3) is 0.636. The quantitative estimate of drug-likeness (QED) is 0.744. The van der Waals surface area contributed by atoms with E-state index in [9.17, 15) is 4.79 Å². The lowest BCUT2D eigenvalue weighted by molar-refractivity contribution is 0.254. The van der Waals surface area contributed by atoms with Crippen molar-refractivity contribution in [2.24, 2.45) is 0 Å². The number of nitrogens with one attached hydrogen (secondary N) is 1. The Hall–Kier alpha value is -1.16. The molecule has 0 aromatic carbocycles. The van der Waals surface area contributed by atoms with Crippen molar-refractivity contribution in [3.05, 3.63) is 27.7 Å². The number of H-pyrrole nitrogens is 1. The van der Waals surface area contributed by atoms with Gasteiger partial charge in [-0.15, -0.1) is 0 Å². The minimum absolute atomic E-state index is 0.0184. The molecule has 1 aromatic rings. The SMILES string of the molecule is Cc1cc(C2CCN(C)CC2)c(=O)[nH]n1. The predicted octanol–water partition coefficient (Wildman–Crippen LogP) is 0.888. The van der Waals surface area contributed by atoms with Crippen LogP contribution in [0.5, 0.6) is 0 Å². The van der Waals surface area contributed by atoms with E-state index in [0.717, 1.165) is 37.2 Å². The van der Waals surface area contributed by atoms with E-state index in [4.69, 9.17) is 0 Å². The third kappa shape index (κ3) is 2.26. The Bertz CT molecular complexity index is 391. The molecule has 4 nitrogen and oxygen atoms in total. The minimum atomic E-state index is -0.0184. The highest BCUT2D eigenvalue weighted by Gasteiger charge is 2.20. The molecule has 2 rings (SSSR count). The van der Waals surface area contributed by atoms with Crippen LogP contribution in [0.4, 0.5) is 0 Å². The van der Waals surface area contributed by atoms with E-state index in [1.54, 1.807) is 0 Å². The summed E-state index contributed by atoms with van der Waals surface area (Å²) in [4.78, 5) is 13.9. The van der Waals surface area contributed by atoms with Gasteiger partial charge in [0.15, 0.2) is 0 Å². The monoisotopic (exact) mass is 207 g/mol. The number of nitrogens with zero attached hydrogens (tertiary/aromatic N) is 2. The maximum absolute atomic E-state index is 11.6. The minimum Gasteiger partial charge on any atom is -0.306 e. The van der Waals surface area contributed by atoms with Gasteiger partial charge in [0.05, 0.1) is 5.69 Å². The third-order valence-electron chi connectivity index (χ3n) is 3.12. The van der Waals surface area contributed by atoms with Gasteiger partial charge in [0, 0.05) is 5.56 Å². The van der Waals surface area contributed by atoms with Crippen molar-refractivity contribution in [1.29, 1.82) is 0 Å². The van der Waals surface area contributed by atoms with Gasteiger partial charge in [-0.1, -0.05) is 0 Å². The summed E-state index contributed by atoms with van der Waals surface area (Å²) in [7, 11) is 2.12. The Morgan fingerprint density at radius 3 is 2.80 bits per heavy atom. The van der Waals surface area contributed by atoms with Crippen LogP contribution in [-0.4, -0.2) is 35.2 Å². The molecule has 0 radical (unpaired) electrons. The maximum Gasteiger partial charge on any atom is 0.267 e. The van der Waals surface area contributed by atoms with Gasteiger partial charge in [-0.25, -0.2) is 5.10 Å². The van der Waals surface area contributed by atoms with Gasteiger partial charge in [0.2, 0.25) is 0 Å². The normalized spacial score (nSPS) is 19.3. The highest BCUT2D eigenvalue weighted by molar-refractivity contribution is 5.17. The number of rotatable bonds is 1. The second-order valence-electron chi connectivity index (χ2n) is 4.37. The van der Waals surface area contributed by atoms with Crippen molar-refractivity contribution in [2.75, 3.05) is 20.1 Å². The first-order chi connectivity index (χ1) is 7.16. The first-order valence-electron chi connectivity index (χ1n) is 5.41. The Morgan fingerprint density at radius 2 is 2.13 bits per heavy atom. The molecule has 1 fully saturated rings. The average Bonchev–Trinajstić information content (AvgIpc) is 2.23. The molecule has 0 bridgehead atoms. The first-order valence-corrected chi connectivity index (χ1v) is 5.41. The van der Waals surface area contributed by atoms with Crippen molar-refractivity contribution in [1.82, 2.24) is 15.1 Å². The number of aromatic nitrogens is 2. The molecule has 0 amide bonds. The molecule has 0 saturated carbocycles. The number of aromatic amines is 1. The zero-order chi connectivity index (χ0) is 10.8. The van der Waals surface area contributed by atoms with Gasteiger partial charge in [-0.05, 0) is 51.9 Å². The summed E-state index contributed by atoms with van der Waals surface area (Å²) in [6.45, 7) is 4.06. The summed E-state index contributed by atoms with van der Waals surface area (Å²) in [6, 6.07) is 1.93. The maximum atomic E-state index is 11.6. The largest absolute Gasteiger partial charge is 0.306 e. The van der Waals surface area contributed by atoms with Crippen molar-refractivity contribution in [3.63, 3.8) is 0 Å². The van der Waals surface area contributed by atoms with Crippen LogP contribution in [0.2, 0.25) is 0 Å². The van der Waals surface area contributed by atoms with Crippen LogP contribution >= 0.6 is 0 Å². The zero-order valence-corrected chi connectivity index (χ0v) is 9.29. The van der Waals surface area contributed by atoms with Crippen LogP contribution in [0.15, 0.2) is 10.9 Å². The molecule has 4 heteroatoms. The lowest BCUT2D eigenvalue weighted by Gasteiger charge is -2.28. The van der Waals surface area contributed by atoms with Crippen LogP contribution in [0, 0.1) is 6.92 Å². The van der Waals surface area contributed by atoms with Gasteiger partial charge >= 0.3 is 0 Å². The van der Waals surface area contributed by atoms with E-state index in [1.165, 1.54) is 0 Å². The number of piperidine rings is 1. The second kappa shape index (κ2) is 4.14. The predicted molar refractivity (Wildman–Crippen MR) is 59.1 cm³/mol. The summed E-state index contributed by atoms with van der Waals surface area (Å²) in [5, 5.41) is 6.46. The van der Waals surface area contributed by atoms with Gasteiger partial charge < -0.3 is 4.90 Å². The van der Waals surface area contributed by atoms with E-state index >= 15 is 0 Å². The summed E-state index contributed by atoms with van der Waals surface area (Å²) in [6.07, 6.45) is 2.14. The molecular formula is C11H17N3O. The number of hydrogen-bond donors (Lipinski definition) is 1.